The molecule has 1 aromatic heterocycles. The van der Waals surface area contributed by atoms with Crippen molar-refractivity contribution in [2.75, 3.05) is 0 Å². The molecule has 0 bridgehead atoms. The number of nitrogens with zero attached hydrogens (tertiary/aromatic N) is 1. The molecule has 0 aliphatic heterocycles. The molecule has 0 amide bonds. The largest absolute Gasteiger partial charge is 0.444 e. The zero-order valence-electron chi connectivity index (χ0n) is 5.95. The lowest BCUT2D eigenvalue weighted by molar-refractivity contribution is 0.562. The number of thiocarbonyl (C=S) groups is 1. The van der Waals surface area contributed by atoms with Crippen LogP contribution in [0.4, 0.5) is 0 Å². The minimum absolute atomic E-state index is 0.101. The topological polar surface area (TPSA) is 63.5 Å². The molecule has 12 heavy (non-hydrogen) atoms. The maximum Gasteiger partial charge on any atom is 0.193 e. The highest BCUT2D eigenvalue weighted by molar-refractivity contribution is 7.80. The number of furan rings is 1. The summed E-state index contributed by atoms with van der Waals surface area (Å²) in [5.74, 6) is 0.531. The summed E-state index contributed by atoms with van der Waals surface area (Å²) >= 11 is 10.0. The van der Waals surface area contributed by atoms with Crippen LogP contribution in [0.15, 0.2) is 21.7 Å². The zero-order chi connectivity index (χ0) is 8.97. The lowest BCUT2D eigenvalue weighted by Crippen LogP contribution is -2.23. The van der Waals surface area contributed by atoms with E-state index in [0.29, 0.717) is 11.0 Å². The Labute approximate surface area is 79.4 Å². The van der Waals surface area contributed by atoms with Gasteiger partial charge in [-0.25, -0.2) is 0 Å². The number of halogens is 1. The molecule has 0 aliphatic carbocycles. The molecule has 0 aromatic carbocycles. The van der Waals surface area contributed by atoms with Gasteiger partial charge in [0.15, 0.2) is 10.3 Å². The summed E-state index contributed by atoms with van der Waals surface area (Å²) in [4.78, 5) is 0. The Hall–Kier alpha value is -1.07. The summed E-state index contributed by atoms with van der Waals surface area (Å²) in [7, 11) is 0. The smallest absolute Gasteiger partial charge is 0.193 e. The van der Waals surface area contributed by atoms with E-state index in [-0.39, 0.29) is 5.11 Å². The second-order valence-corrected chi connectivity index (χ2v) is 2.69. The molecule has 0 unspecified atom stereocenters. The molecule has 0 saturated heterocycles. The van der Waals surface area contributed by atoms with Crippen LogP contribution in [0.5, 0.6) is 0 Å². The number of rotatable bonds is 2. The van der Waals surface area contributed by atoms with Crippen LogP contribution in [0.25, 0.3) is 0 Å². The Kier molecular flexibility index (Phi) is 3.07. The Morgan fingerprint density at radius 3 is 3.00 bits per heavy atom. The van der Waals surface area contributed by atoms with Gasteiger partial charge in [-0.05, 0) is 36.0 Å². The summed E-state index contributed by atoms with van der Waals surface area (Å²) in [5.41, 5.74) is 7.49. The zero-order valence-corrected chi connectivity index (χ0v) is 7.52. The predicted octanol–water partition coefficient (Wildman–Crippen LogP) is 1.10. The Morgan fingerprint density at radius 1 is 1.75 bits per heavy atom. The van der Waals surface area contributed by atoms with Gasteiger partial charge in [-0.15, -0.1) is 0 Å². The average Bonchev–Trinajstić information content (AvgIpc) is 2.35. The van der Waals surface area contributed by atoms with Gasteiger partial charge in [0.2, 0.25) is 0 Å². The van der Waals surface area contributed by atoms with Gasteiger partial charge < -0.3 is 10.2 Å². The molecular weight excluding hydrogens is 198 g/mol. The van der Waals surface area contributed by atoms with Gasteiger partial charge in [-0.3, -0.25) is 5.43 Å². The van der Waals surface area contributed by atoms with Crippen molar-refractivity contribution < 1.29 is 4.42 Å². The molecule has 0 aliphatic rings. The van der Waals surface area contributed by atoms with E-state index in [1.165, 1.54) is 6.21 Å². The highest BCUT2D eigenvalue weighted by atomic mass is 35.5. The van der Waals surface area contributed by atoms with Crippen molar-refractivity contribution >= 4 is 35.1 Å². The minimum atomic E-state index is 0.101. The van der Waals surface area contributed by atoms with Gasteiger partial charge in [0, 0.05) is 0 Å². The highest BCUT2D eigenvalue weighted by Gasteiger charge is 1.94. The molecular formula is C6H6ClN3OS. The first-order valence-electron chi connectivity index (χ1n) is 3.02. The third-order valence-electron chi connectivity index (χ3n) is 0.961. The van der Waals surface area contributed by atoms with E-state index in [1.807, 2.05) is 0 Å². The maximum absolute atomic E-state index is 5.50. The lowest BCUT2D eigenvalue weighted by Gasteiger charge is -1.91. The van der Waals surface area contributed by atoms with Crippen LogP contribution in [0.1, 0.15) is 5.76 Å². The van der Waals surface area contributed by atoms with Gasteiger partial charge >= 0.3 is 0 Å². The van der Waals surface area contributed by atoms with Gasteiger partial charge in [0.1, 0.15) is 5.76 Å². The van der Waals surface area contributed by atoms with E-state index in [0.717, 1.165) is 0 Å². The fourth-order valence-corrected chi connectivity index (χ4v) is 0.762. The Morgan fingerprint density at radius 2 is 2.50 bits per heavy atom. The lowest BCUT2D eigenvalue weighted by atomic mass is 10.5. The number of nitrogens with two attached hydrogens (primary N) is 1. The first kappa shape index (κ1) is 9.02. The van der Waals surface area contributed by atoms with E-state index in [2.05, 4.69) is 22.7 Å². The van der Waals surface area contributed by atoms with Crippen molar-refractivity contribution in [1.29, 1.82) is 0 Å². The molecule has 0 spiro atoms. The van der Waals surface area contributed by atoms with Crippen LogP contribution in [-0.2, 0) is 0 Å². The van der Waals surface area contributed by atoms with Crippen molar-refractivity contribution in [3.63, 3.8) is 0 Å². The molecule has 0 fully saturated rings. The molecule has 0 radical (unpaired) electrons. The van der Waals surface area contributed by atoms with Crippen molar-refractivity contribution in [2.24, 2.45) is 10.8 Å². The van der Waals surface area contributed by atoms with Gasteiger partial charge in [-0.2, -0.15) is 5.10 Å². The summed E-state index contributed by atoms with van der Waals surface area (Å²) < 4.78 is 4.96. The fourth-order valence-electron chi connectivity index (χ4n) is 0.557. The van der Waals surface area contributed by atoms with Crippen molar-refractivity contribution in [1.82, 2.24) is 5.43 Å². The molecule has 0 atom stereocenters. The monoisotopic (exact) mass is 203 g/mol. The van der Waals surface area contributed by atoms with Crippen LogP contribution in [-0.4, -0.2) is 11.3 Å². The first-order chi connectivity index (χ1) is 5.68. The van der Waals surface area contributed by atoms with E-state index in [4.69, 9.17) is 21.8 Å². The maximum atomic E-state index is 5.50. The van der Waals surface area contributed by atoms with E-state index >= 15 is 0 Å². The molecule has 1 rings (SSSR count). The molecule has 0 saturated carbocycles. The molecule has 6 heteroatoms. The SMILES string of the molecule is NC(=S)N/N=C/c1ccc(Cl)o1. The number of hydrazone groups is 1. The summed E-state index contributed by atoms with van der Waals surface area (Å²) in [6.07, 6.45) is 1.42. The van der Waals surface area contributed by atoms with Crippen LogP contribution < -0.4 is 11.2 Å². The summed E-state index contributed by atoms with van der Waals surface area (Å²) in [5, 5.41) is 4.07. The molecule has 3 N–H and O–H groups in total. The minimum Gasteiger partial charge on any atom is -0.444 e. The Balaban J connectivity index is 2.52. The van der Waals surface area contributed by atoms with Gasteiger partial charge in [0.25, 0.3) is 0 Å². The predicted molar refractivity (Wildman–Crippen MR) is 51.2 cm³/mol. The van der Waals surface area contributed by atoms with Crippen molar-refractivity contribution in [3.8, 4) is 0 Å². The van der Waals surface area contributed by atoms with Gasteiger partial charge in [0.05, 0.1) is 6.21 Å². The number of hydrogen-bond acceptors (Lipinski definition) is 3. The standard InChI is InChI=1S/C6H6ClN3OS/c7-5-2-1-4(11-5)3-9-10-6(8)12/h1-3H,(H3,8,10,12)/b9-3+. The van der Waals surface area contributed by atoms with Crippen LogP contribution in [0.2, 0.25) is 5.22 Å². The van der Waals surface area contributed by atoms with Crippen molar-refractivity contribution in [3.05, 3.63) is 23.1 Å². The van der Waals surface area contributed by atoms with Gasteiger partial charge in [-0.1, -0.05) is 0 Å². The molecule has 1 aromatic rings. The molecule has 1 heterocycles. The van der Waals surface area contributed by atoms with Crippen LogP contribution in [0, 0.1) is 0 Å². The van der Waals surface area contributed by atoms with E-state index < -0.39 is 0 Å². The number of hydrogen-bond donors (Lipinski definition) is 2. The summed E-state index contributed by atoms with van der Waals surface area (Å²) in [6.45, 7) is 0. The summed E-state index contributed by atoms with van der Waals surface area (Å²) in [6, 6.07) is 3.29. The molecule has 4 nitrogen and oxygen atoms in total. The first-order valence-corrected chi connectivity index (χ1v) is 3.81. The Bertz CT molecular complexity index is 309. The van der Waals surface area contributed by atoms with E-state index in [1.54, 1.807) is 12.1 Å². The second kappa shape index (κ2) is 4.08. The quantitative estimate of drug-likeness (QED) is 0.429. The van der Waals surface area contributed by atoms with E-state index in [9.17, 15) is 0 Å². The van der Waals surface area contributed by atoms with Crippen LogP contribution >= 0.6 is 23.8 Å². The number of nitrogens with one attached hydrogen (secondary N) is 1. The average molecular weight is 204 g/mol. The highest BCUT2D eigenvalue weighted by Crippen LogP contribution is 2.10. The third-order valence-corrected chi connectivity index (χ3v) is 1.25. The normalized spacial score (nSPS) is 10.4. The fraction of sp³-hybridized carbons (Fsp3) is 0. The molecule has 64 valence electrons. The van der Waals surface area contributed by atoms with Crippen molar-refractivity contribution in [2.45, 2.75) is 0 Å². The third kappa shape index (κ3) is 2.89. The second-order valence-electron chi connectivity index (χ2n) is 1.88. The van der Waals surface area contributed by atoms with Crippen LogP contribution in [0.3, 0.4) is 0 Å².